The molecule has 3 aromatic rings. The topological polar surface area (TPSA) is 60.2 Å². The molecule has 0 aliphatic heterocycles. The van der Waals surface area contributed by atoms with Gasteiger partial charge in [0.2, 0.25) is 0 Å². The maximum absolute atomic E-state index is 8.80. The number of aliphatic hydroxyl groups excluding tert-OH is 1. The Morgan fingerprint density at radius 1 is 1.10 bits per heavy atom. The largest absolute Gasteiger partial charge is 0.491 e. The number of aromatic nitrogens is 3. The van der Waals surface area contributed by atoms with Gasteiger partial charge in [-0.15, -0.1) is 0 Å². The maximum Gasteiger partial charge on any atom is 0.121 e. The number of benzene rings is 1. The monoisotopic (exact) mass is 281 g/mol. The molecule has 1 N–H and O–H groups in total. The minimum absolute atomic E-state index is 0.00180. The van der Waals surface area contributed by atoms with Crippen LogP contribution in [0.2, 0.25) is 0 Å². The van der Waals surface area contributed by atoms with E-state index in [1.54, 1.807) is 17.1 Å². The Labute approximate surface area is 122 Å². The number of ether oxygens (including phenoxy) is 1. The predicted octanol–water partition coefficient (Wildman–Crippen LogP) is 2.31. The second kappa shape index (κ2) is 6.19. The molecule has 1 aromatic carbocycles. The average molecular weight is 281 g/mol. The smallest absolute Gasteiger partial charge is 0.121 e. The molecule has 106 valence electrons. The number of rotatable bonds is 5. The molecule has 2 aromatic heterocycles. The van der Waals surface area contributed by atoms with Crippen molar-refractivity contribution in [2.24, 2.45) is 0 Å². The Bertz CT molecular complexity index is 710. The van der Waals surface area contributed by atoms with Crippen molar-refractivity contribution in [3.8, 4) is 22.7 Å². The van der Waals surface area contributed by atoms with Crippen molar-refractivity contribution in [3.05, 3.63) is 61.1 Å². The Morgan fingerprint density at radius 3 is 2.76 bits per heavy atom. The summed E-state index contributed by atoms with van der Waals surface area (Å²) in [6, 6.07) is 13.4. The molecule has 0 fully saturated rings. The molecule has 5 nitrogen and oxygen atoms in total. The Hall–Kier alpha value is -2.66. The number of aliphatic hydroxyl groups is 1. The van der Waals surface area contributed by atoms with Gasteiger partial charge in [0.1, 0.15) is 12.4 Å². The van der Waals surface area contributed by atoms with Crippen LogP contribution in [-0.2, 0) is 0 Å². The average Bonchev–Trinajstić information content (AvgIpc) is 3.04. The summed E-state index contributed by atoms with van der Waals surface area (Å²) in [6.07, 6.45) is 5.40. The van der Waals surface area contributed by atoms with Gasteiger partial charge in [-0.1, -0.05) is 6.07 Å². The lowest BCUT2D eigenvalue weighted by molar-refractivity contribution is 0.201. The van der Waals surface area contributed by atoms with Gasteiger partial charge in [-0.05, 0) is 30.3 Å². The lowest BCUT2D eigenvalue weighted by Crippen LogP contribution is -2.02. The molecule has 0 radical (unpaired) electrons. The summed E-state index contributed by atoms with van der Waals surface area (Å²) < 4.78 is 7.20. The van der Waals surface area contributed by atoms with Gasteiger partial charge in [-0.3, -0.25) is 4.98 Å². The standard InChI is InChI=1S/C16H15N3O2/c20-10-11-21-15-3-1-2-14(12-15)19-9-6-16(18-19)13-4-7-17-8-5-13/h1-9,12,20H,10-11H2. The highest BCUT2D eigenvalue weighted by Crippen LogP contribution is 2.20. The fourth-order valence-electron chi connectivity index (χ4n) is 2.02. The van der Waals surface area contributed by atoms with Crippen LogP contribution < -0.4 is 4.74 Å². The molecular formula is C16H15N3O2. The van der Waals surface area contributed by atoms with Crippen molar-refractivity contribution >= 4 is 0 Å². The van der Waals surface area contributed by atoms with Crippen LogP contribution in [0.5, 0.6) is 5.75 Å². The minimum atomic E-state index is -0.00180. The van der Waals surface area contributed by atoms with Crippen LogP contribution in [0.1, 0.15) is 0 Å². The molecule has 21 heavy (non-hydrogen) atoms. The highest BCUT2D eigenvalue weighted by molar-refractivity contribution is 5.58. The first-order valence-electron chi connectivity index (χ1n) is 6.67. The van der Waals surface area contributed by atoms with E-state index in [1.807, 2.05) is 48.7 Å². The van der Waals surface area contributed by atoms with Gasteiger partial charge in [0.15, 0.2) is 0 Å². The molecule has 0 bridgehead atoms. The predicted molar refractivity (Wildman–Crippen MR) is 79.4 cm³/mol. The fourth-order valence-corrected chi connectivity index (χ4v) is 2.02. The highest BCUT2D eigenvalue weighted by Gasteiger charge is 2.04. The van der Waals surface area contributed by atoms with Gasteiger partial charge in [0.25, 0.3) is 0 Å². The van der Waals surface area contributed by atoms with E-state index >= 15 is 0 Å². The van der Waals surface area contributed by atoms with Crippen LogP contribution in [0.15, 0.2) is 61.1 Å². The second-order valence-corrected chi connectivity index (χ2v) is 4.45. The molecule has 0 spiro atoms. The van der Waals surface area contributed by atoms with Crippen molar-refractivity contribution < 1.29 is 9.84 Å². The number of pyridine rings is 1. The van der Waals surface area contributed by atoms with E-state index in [1.165, 1.54) is 0 Å². The Morgan fingerprint density at radius 2 is 1.95 bits per heavy atom. The lowest BCUT2D eigenvalue weighted by Gasteiger charge is -2.06. The van der Waals surface area contributed by atoms with Crippen LogP contribution in [-0.4, -0.2) is 33.1 Å². The van der Waals surface area contributed by atoms with E-state index in [9.17, 15) is 0 Å². The normalized spacial score (nSPS) is 10.5. The molecule has 0 aliphatic rings. The summed E-state index contributed by atoms with van der Waals surface area (Å²) >= 11 is 0. The molecule has 0 saturated carbocycles. The van der Waals surface area contributed by atoms with Crippen LogP contribution >= 0.6 is 0 Å². The molecule has 3 rings (SSSR count). The van der Waals surface area contributed by atoms with E-state index < -0.39 is 0 Å². The summed E-state index contributed by atoms with van der Waals surface area (Å²) in [7, 11) is 0. The van der Waals surface area contributed by atoms with Crippen molar-refractivity contribution in [2.45, 2.75) is 0 Å². The SMILES string of the molecule is OCCOc1cccc(-n2ccc(-c3ccncc3)n2)c1. The van der Waals surface area contributed by atoms with Gasteiger partial charge in [0, 0.05) is 30.2 Å². The van der Waals surface area contributed by atoms with Gasteiger partial charge in [-0.25, -0.2) is 4.68 Å². The van der Waals surface area contributed by atoms with Crippen molar-refractivity contribution in [1.29, 1.82) is 0 Å². The van der Waals surface area contributed by atoms with Crippen LogP contribution in [0.25, 0.3) is 16.9 Å². The first-order valence-corrected chi connectivity index (χ1v) is 6.67. The van der Waals surface area contributed by atoms with Gasteiger partial charge < -0.3 is 9.84 Å². The first kappa shape index (κ1) is 13.3. The van der Waals surface area contributed by atoms with Gasteiger partial charge >= 0.3 is 0 Å². The quantitative estimate of drug-likeness (QED) is 0.779. The second-order valence-electron chi connectivity index (χ2n) is 4.45. The van der Waals surface area contributed by atoms with Gasteiger partial charge in [-0.2, -0.15) is 5.10 Å². The Kier molecular flexibility index (Phi) is 3.93. The third-order valence-corrected chi connectivity index (χ3v) is 3.01. The van der Waals surface area contributed by atoms with Crippen LogP contribution in [0, 0.1) is 0 Å². The van der Waals surface area contributed by atoms with E-state index in [-0.39, 0.29) is 13.2 Å². The fraction of sp³-hybridized carbons (Fsp3) is 0.125. The van der Waals surface area contributed by atoms with E-state index in [2.05, 4.69) is 10.1 Å². The summed E-state index contributed by atoms with van der Waals surface area (Å²) in [4.78, 5) is 4.00. The van der Waals surface area contributed by atoms with Crippen molar-refractivity contribution in [1.82, 2.24) is 14.8 Å². The molecule has 0 saturated heterocycles. The lowest BCUT2D eigenvalue weighted by atomic mass is 10.2. The number of nitrogens with zero attached hydrogens (tertiary/aromatic N) is 3. The summed E-state index contributed by atoms with van der Waals surface area (Å²) in [5.74, 6) is 0.711. The zero-order valence-corrected chi connectivity index (χ0v) is 11.4. The number of hydrogen-bond donors (Lipinski definition) is 1. The van der Waals surface area contributed by atoms with Crippen LogP contribution in [0.4, 0.5) is 0 Å². The molecule has 5 heteroatoms. The zero-order valence-electron chi connectivity index (χ0n) is 11.4. The first-order chi connectivity index (χ1) is 10.4. The van der Waals surface area contributed by atoms with E-state index in [0.29, 0.717) is 5.75 Å². The van der Waals surface area contributed by atoms with Crippen molar-refractivity contribution in [3.63, 3.8) is 0 Å². The molecule has 2 heterocycles. The zero-order chi connectivity index (χ0) is 14.5. The third kappa shape index (κ3) is 3.09. The molecule has 0 amide bonds. The number of hydrogen-bond acceptors (Lipinski definition) is 4. The minimum Gasteiger partial charge on any atom is -0.491 e. The van der Waals surface area contributed by atoms with E-state index in [0.717, 1.165) is 16.9 Å². The highest BCUT2D eigenvalue weighted by atomic mass is 16.5. The third-order valence-electron chi connectivity index (χ3n) is 3.01. The molecule has 0 atom stereocenters. The van der Waals surface area contributed by atoms with Crippen molar-refractivity contribution in [2.75, 3.05) is 13.2 Å². The molecule has 0 unspecified atom stereocenters. The molecule has 0 aliphatic carbocycles. The van der Waals surface area contributed by atoms with E-state index in [4.69, 9.17) is 9.84 Å². The summed E-state index contributed by atoms with van der Waals surface area (Å²) in [5, 5.41) is 13.4. The Balaban J connectivity index is 1.86. The maximum atomic E-state index is 8.80. The summed E-state index contributed by atoms with van der Waals surface area (Å²) in [5.41, 5.74) is 2.82. The van der Waals surface area contributed by atoms with Gasteiger partial charge in [0.05, 0.1) is 18.0 Å². The molecular weight excluding hydrogens is 266 g/mol. The van der Waals surface area contributed by atoms with Crippen LogP contribution in [0.3, 0.4) is 0 Å². The summed E-state index contributed by atoms with van der Waals surface area (Å²) in [6.45, 7) is 0.281.